The zero-order chi connectivity index (χ0) is 14.3. The second-order valence-electron chi connectivity index (χ2n) is 5.77. The van der Waals surface area contributed by atoms with Crippen LogP contribution in [-0.4, -0.2) is 24.8 Å². The zero-order valence-electron chi connectivity index (χ0n) is 11.6. The maximum atomic E-state index is 11.5. The molecule has 1 heterocycles. The van der Waals surface area contributed by atoms with Crippen LogP contribution in [0.25, 0.3) is 0 Å². The largest absolute Gasteiger partial charge is 0.338 e. The minimum absolute atomic E-state index is 0.126. The van der Waals surface area contributed by atoms with Gasteiger partial charge in [0, 0.05) is 6.26 Å². The summed E-state index contributed by atoms with van der Waals surface area (Å²) in [5.41, 5.74) is 5.75. The highest BCUT2D eigenvalue weighted by molar-refractivity contribution is 7.90. The van der Waals surface area contributed by atoms with E-state index in [0.29, 0.717) is 11.7 Å². The van der Waals surface area contributed by atoms with Crippen molar-refractivity contribution in [2.24, 2.45) is 11.7 Å². The fourth-order valence-corrected chi connectivity index (χ4v) is 2.75. The van der Waals surface area contributed by atoms with Crippen LogP contribution in [0.15, 0.2) is 4.52 Å². The van der Waals surface area contributed by atoms with Gasteiger partial charge in [0.15, 0.2) is 15.7 Å². The molecule has 0 aliphatic heterocycles. The van der Waals surface area contributed by atoms with Crippen molar-refractivity contribution < 1.29 is 12.9 Å². The van der Waals surface area contributed by atoms with E-state index in [2.05, 4.69) is 17.1 Å². The van der Waals surface area contributed by atoms with Crippen LogP contribution in [0.1, 0.15) is 56.5 Å². The summed E-state index contributed by atoms with van der Waals surface area (Å²) in [7, 11) is -3.24. The van der Waals surface area contributed by atoms with Crippen LogP contribution < -0.4 is 5.73 Å². The van der Waals surface area contributed by atoms with Gasteiger partial charge in [0.25, 0.3) is 0 Å². The van der Waals surface area contributed by atoms with Gasteiger partial charge >= 0.3 is 0 Å². The fourth-order valence-electron chi connectivity index (χ4n) is 2.29. The van der Waals surface area contributed by atoms with Gasteiger partial charge < -0.3 is 10.3 Å². The topological polar surface area (TPSA) is 99.1 Å². The van der Waals surface area contributed by atoms with Crippen molar-refractivity contribution in [1.29, 1.82) is 0 Å². The Morgan fingerprint density at radius 3 is 2.53 bits per heavy atom. The van der Waals surface area contributed by atoms with Crippen molar-refractivity contribution in [2.75, 3.05) is 6.26 Å². The fraction of sp³-hybridized carbons (Fsp3) is 0.833. The Hall–Kier alpha value is -0.950. The molecule has 1 fully saturated rings. The molecule has 0 spiro atoms. The monoisotopic (exact) mass is 287 g/mol. The molecule has 2 rings (SSSR count). The lowest BCUT2D eigenvalue weighted by atomic mass is 9.77. The van der Waals surface area contributed by atoms with Crippen LogP contribution in [0.2, 0.25) is 0 Å². The van der Waals surface area contributed by atoms with Gasteiger partial charge in [0.1, 0.15) is 5.25 Å². The van der Waals surface area contributed by atoms with E-state index in [1.165, 1.54) is 0 Å². The Labute approximate surface area is 113 Å². The second-order valence-corrected chi connectivity index (χ2v) is 8.13. The summed E-state index contributed by atoms with van der Waals surface area (Å²) in [5, 5.41) is 3.10. The van der Waals surface area contributed by atoms with Gasteiger partial charge in [-0.3, -0.25) is 0 Å². The van der Waals surface area contributed by atoms with Gasteiger partial charge in [0.2, 0.25) is 5.89 Å². The van der Waals surface area contributed by atoms with E-state index in [9.17, 15) is 8.42 Å². The van der Waals surface area contributed by atoms with Gasteiger partial charge in [-0.05, 0) is 38.5 Å². The van der Waals surface area contributed by atoms with E-state index in [1.807, 2.05) is 0 Å². The number of nitrogens with two attached hydrogens (primary N) is 1. The Balaban J connectivity index is 2.22. The summed E-state index contributed by atoms with van der Waals surface area (Å²) in [6.07, 6.45) is 4.83. The van der Waals surface area contributed by atoms with Crippen molar-refractivity contribution in [3.8, 4) is 0 Å². The predicted molar refractivity (Wildman–Crippen MR) is 71.1 cm³/mol. The highest BCUT2D eigenvalue weighted by Crippen LogP contribution is 2.36. The Kier molecular flexibility index (Phi) is 3.70. The first-order valence-corrected chi connectivity index (χ1v) is 8.50. The van der Waals surface area contributed by atoms with Crippen molar-refractivity contribution in [3.63, 3.8) is 0 Å². The van der Waals surface area contributed by atoms with Crippen molar-refractivity contribution in [2.45, 2.75) is 50.3 Å². The summed E-state index contributed by atoms with van der Waals surface area (Å²) in [5.74, 6) is 1.23. The van der Waals surface area contributed by atoms with Crippen molar-refractivity contribution >= 4 is 9.84 Å². The Morgan fingerprint density at radius 1 is 1.42 bits per heavy atom. The number of sulfone groups is 1. The quantitative estimate of drug-likeness (QED) is 0.905. The first-order chi connectivity index (χ1) is 8.72. The van der Waals surface area contributed by atoms with Crippen LogP contribution in [0.5, 0.6) is 0 Å². The normalized spacial score (nSPS) is 30.2. The van der Waals surface area contributed by atoms with E-state index in [-0.39, 0.29) is 5.89 Å². The number of rotatable bonds is 3. The van der Waals surface area contributed by atoms with Gasteiger partial charge in [-0.1, -0.05) is 12.1 Å². The molecular formula is C12H21N3O3S. The van der Waals surface area contributed by atoms with Gasteiger partial charge in [-0.15, -0.1) is 0 Å². The van der Waals surface area contributed by atoms with Gasteiger partial charge in [0.05, 0.1) is 5.54 Å². The third kappa shape index (κ3) is 2.97. The molecule has 1 aliphatic carbocycles. The van der Waals surface area contributed by atoms with Crippen molar-refractivity contribution in [3.05, 3.63) is 11.7 Å². The molecule has 0 aromatic carbocycles. The van der Waals surface area contributed by atoms with E-state index < -0.39 is 20.6 Å². The third-order valence-electron chi connectivity index (χ3n) is 4.04. The SMILES string of the molecule is CC1CCC(N)(c2noc(C(C)S(C)(=O)=O)n2)CC1. The number of aromatic nitrogens is 2. The van der Waals surface area contributed by atoms with E-state index in [1.54, 1.807) is 6.92 Å². The summed E-state index contributed by atoms with van der Waals surface area (Å²) < 4.78 is 28.0. The zero-order valence-corrected chi connectivity index (χ0v) is 12.4. The molecule has 0 amide bonds. The number of hydrogen-bond donors (Lipinski definition) is 1. The van der Waals surface area contributed by atoms with E-state index in [0.717, 1.165) is 31.9 Å². The molecule has 0 radical (unpaired) electrons. The maximum Gasteiger partial charge on any atom is 0.244 e. The summed E-state index contributed by atoms with van der Waals surface area (Å²) in [6.45, 7) is 3.74. The highest BCUT2D eigenvalue weighted by atomic mass is 32.2. The first-order valence-electron chi connectivity index (χ1n) is 6.54. The van der Waals surface area contributed by atoms with Crippen LogP contribution in [0, 0.1) is 5.92 Å². The molecule has 108 valence electrons. The predicted octanol–water partition coefficient (Wildman–Crippen LogP) is 1.54. The lowest BCUT2D eigenvalue weighted by Gasteiger charge is -2.33. The average molecular weight is 287 g/mol. The van der Waals surface area contributed by atoms with Gasteiger partial charge in [-0.2, -0.15) is 4.98 Å². The Morgan fingerprint density at radius 2 is 2.00 bits per heavy atom. The molecule has 2 N–H and O–H groups in total. The molecule has 1 unspecified atom stereocenters. The number of nitrogens with zero attached hydrogens (tertiary/aromatic N) is 2. The smallest absolute Gasteiger partial charge is 0.244 e. The average Bonchev–Trinajstić information content (AvgIpc) is 2.81. The molecule has 19 heavy (non-hydrogen) atoms. The molecule has 6 nitrogen and oxygen atoms in total. The standard InChI is InChI=1S/C12H21N3O3S/c1-8-4-6-12(13,7-5-8)11-14-10(18-15-11)9(2)19(3,16)17/h8-9H,4-7,13H2,1-3H3. The molecule has 1 aromatic heterocycles. The van der Waals surface area contributed by atoms with Crippen LogP contribution >= 0.6 is 0 Å². The molecule has 1 atom stereocenters. The molecule has 1 aliphatic rings. The van der Waals surface area contributed by atoms with Crippen LogP contribution in [0.3, 0.4) is 0 Å². The Bertz CT molecular complexity index is 544. The van der Waals surface area contributed by atoms with Crippen LogP contribution in [0.4, 0.5) is 0 Å². The molecule has 0 saturated heterocycles. The number of hydrogen-bond acceptors (Lipinski definition) is 6. The molecule has 0 bridgehead atoms. The van der Waals surface area contributed by atoms with E-state index >= 15 is 0 Å². The third-order valence-corrected chi connectivity index (χ3v) is 5.53. The maximum absolute atomic E-state index is 11.5. The molecular weight excluding hydrogens is 266 g/mol. The molecule has 1 saturated carbocycles. The lowest BCUT2D eigenvalue weighted by molar-refractivity contribution is 0.230. The molecule has 7 heteroatoms. The summed E-state index contributed by atoms with van der Waals surface area (Å²) >= 11 is 0. The highest BCUT2D eigenvalue weighted by Gasteiger charge is 2.37. The summed E-state index contributed by atoms with van der Waals surface area (Å²) in [6, 6.07) is 0. The van der Waals surface area contributed by atoms with E-state index in [4.69, 9.17) is 10.3 Å². The lowest BCUT2D eigenvalue weighted by Crippen LogP contribution is -2.41. The summed E-state index contributed by atoms with van der Waals surface area (Å²) in [4.78, 5) is 4.22. The van der Waals surface area contributed by atoms with Gasteiger partial charge in [-0.25, -0.2) is 8.42 Å². The minimum Gasteiger partial charge on any atom is -0.338 e. The first kappa shape index (κ1) is 14.5. The second kappa shape index (κ2) is 4.86. The van der Waals surface area contributed by atoms with Crippen molar-refractivity contribution in [1.82, 2.24) is 10.1 Å². The van der Waals surface area contributed by atoms with Crippen LogP contribution in [-0.2, 0) is 15.4 Å². The molecule has 1 aromatic rings. The minimum atomic E-state index is -3.24.